The van der Waals surface area contributed by atoms with E-state index in [2.05, 4.69) is 6.11 Å². The second-order valence-electron chi connectivity index (χ2n) is 1.94. The zero-order valence-corrected chi connectivity index (χ0v) is 5.74. The summed E-state index contributed by atoms with van der Waals surface area (Å²) in [5.41, 5.74) is 1.18. The molecule has 0 aliphatic heterocycles. The van der Waals surface area contributed by atoms with Crippen LogP contribution in [0.1, 0.15) is 5.56 Å². The average Bonchev–Trinajstić information content (AvgIpc) is 1.95. The monoisotopic (exact) mass is 134 g/mol. The van der Waals surface area contributed by atoms with E-state index in [-0.39, 0.29) is 0 Å². The van der Waals surface area contributed by atoms with E-state index in [4.69, 9.17) is 11.3 Å². The molecule has 10 heavy (non-hydrogen) atoms. The molecule has 0 radical (unpaired) electrons. The Labute approximate surface area is 60.0 Å². The maximum atomic E-state index is 4.91. The molecule has 0 aliphatic rings. The van der Waals surface area contributed by atoms with Crippen molar-refractivity contribution in [2.75, 3.05) is 0 Å². The first-order chi connectivity index (χ1) is 4.83. The van der Waals surface area contributed by atoms with E-state index in [1.165, 1.54) is 10.3 Å². The maximum absolute atomic E-state index is 4.91. The molecular formula is C8H8NO+. The highest BCUT2D eigenvalue weighted by molar-refractivity contribution is 5.02. The van der Waals surface area contributed by atoms with Gasteiger partial charge in [0.15, 0.2) is 6.11 Å². The van der Waals surface area contributed by atoms with Gasteiger partial charge in [-0.05, 0) is 12.5 Å². The van der Waals surface area contributed by atoms with Crippen molar-refractivity contribution in [2.24, 2.45) is 0 Å². The van der Waals surface area contributed by atoms with Crippen LogP contribution in [0.25, 0.3) is 0 Å². The van der Waals surface area contributed by atoms with E-state index in [0.717, 1.165) is 0 Å². The molecule has 1 rings (SSSR count). The van der Waals surface area contributed by atoms with Gasteiger partial charge in [0.1, 0.15) is 0 Å². The van der Waals surface area contributed by atoms with Gasteiger partial charge < -0.3 is 0 Å². The van der Waals surface area contributed by atoms with Gasteiger partial charge in [-0.15, -0.1) is 0 Å². The van der Waals surface area contributed by atoms with Gasteiger partial charge in [-0.2, -0.15) is 4.84 Å². The van der Waals surface area contributed by atoms with E-state index in [1.54, 1.807) is 12.4 Å². The van der Waals surface area contributed by atoms with E-state index in [1.807, 2.05) is 19.1 Å². The number of nitrogens with zero attached hydrogens (tertiary/aromatic N) is 1. The zero-order chi connectivity index (χ0) is 7.40. The fourth-order valence-electron chi connectivity index (χ4n) is 0.609. The Kier molecular flexibility index (Phi) is 1.91. The van der Waals surface area contributed by atoms with Gasteiger partial charge in [0.2, 0.25) is 12.4 Å². The molecule has 0 aromatic carbocycles. The van der Waals surface area contributed by atoms with Crippen LogP contribution in [0.3, 0.4) is 0 Å². The molecular weight excluding hydrogens is 126 g/mol. The highest BCUT2D eigenvalue weighted by atomic mass is 16.6. The Morgan fingerprint density at radius 2 is 2.10 bits per heavy atom. The second-order valence-corrected chi connectivity index (χ2v) is 1.94. The molecule has 0 unspecified atom stereocenters. The molecule has 0 spiro atoms. The number of aryl methyl sites for hydroxylation is 1. The first-order valence-corrected chi connectivity index (χ1v) is 2.94. The first-order valence-electron chi connectivity index (χ1n) is 2.94. The van der Waals surface area contributed by atoms with Crippen LogP contribution >= 0.6 is 0 Å². The van der Waals surface area contributed by atoms with Crippen LogP contribution in [0.4, 0.5) is 0 Å². The summed E-state index contributed by atoms with van der Waals surface area (Å²) in [6, 6.07) is 3.83. The SMILES string of the molecule is C#CO[n+]1ccc(C)cc1. The van der Waals surface area contributed by atoms with Gasteiger partial charge in [0.25, 0.3) is 0 Å². The van der Waals surface area contributed by atoms with E-state index >= 15 is 0 Å². The number of rotatable bonds is 1. The minimum atomic E-state index is 1.18. The third-order valence-corrected chi connectivity index (χ3v) is 1.13. The Balaban J connectivity index is 2.81. The summed E-state index contributed by atoms with van der Waals surface area (Å²) in [5, 5.41) is 0. The lowest BCUT2D eigenvalue weighted by molar-refractivity contribution is -0.872. The Morgan fingerprint density at radius 1 is 1.50 bits per heavy atom. The highest BCUT2D eigenvalue weighted by Gasteiger charge is 1.95. The van der Waals surface area contributed by atoms with E-state index in [0.29, 0.717) is 0 Å². The second kappa shape index (κ2) is 2.88. The average molecular weight is 134 g/mol. The third kappa shape index (κ3) is 1.49. The molecule has 0 N–H and O–H groups in total. The molecule has 50 valence electrons. The Bertz CT molecular complexity index is 245. The minimum absolute atomic E-state index is 1.18. The quantitative estimate of drug-likeness (QED) is 0.398. The van der Waals surface area contributed by atoms with Crippen molar-refractivity contribution in [3.63, 3.8) is 0 Å². The first kappa shape index (κ1) is 6.63. The molecule has 1 heterocycles. The fourth-order valence-corrected chi connectivity index (χ4v) is 0.609. The maximum Gasteiger partial charge on any atom is 0.224 e. The fraction of sp³-hybridized carbons (Fsp3) is 0.125. The molecule has 0 fully saturated rings. The number of pyridine rings is 1. The lowest BCUT2D eigenvalue weighted by atomic mass is 10.3. The summed E-state index contributed by atoms with van der Waals surface area (Å²) >= 11 is 0. The van der Waals surface area contributed by atoms with Gasteiger partial charge in [0, 0.05) is 16.9 Å². The van der Waals surface area contributed by atoms with Crippen LogP contribution in [0, 0.1) is 19.5 Å². The molecule has 0 saturated carbocycles. The number of hydrogen-bond donors (Lipinski definition) is 0. The van der Waals surface area contributed by atoms with Gasteiger partial charge in [-0.3, -0.25) is 0 Å². The van der Waals surface area contributed by atoms with Gasteiger partial charge in [-0.25, -0.2) is 0 Å². The van der Waals surface area contributed by atoms with Crippen LogP contribution in [0.2, 0.25) is 0 Å². The summed E-state index contributed by atoms with van der Waals surface area (Å²) < 4.78 is 1.47. The van der Waals surface area contributed by atoms with Crippen molar-refractivity contribution in [1.82, 2.24) is 0 Å². The molecule has 2 nitrogen and oxygen atoms in total. The summed E-state index contributed by atoms with van der Waals surface area (Å²) in [5.74, 6) is 0. The van der Waals surface area contributed by atoms with Gasteiger partial charge >= 0.3 is 0 Å². The molecule has 1 aromatic heterocycles. The van der Waals surface area contributed by atoms with Crippen molar-refractivity contribution < 1.29 is 9.57 Å². The predicted molar refractivity (Wildman–Crippen MR) is 36.8 cm³/mol. The van der Waals surface area contributed by atoms with Crippen LogP contribution in [-0.4, -0.2) is 0 Å². The van der Waals surface area contributed by atoms with E-state index in [9.17, 15) is 0 Å². The van der Waals surface area contributed by atoms with Crippen LogP contribution in [0.15, 0.2) is 24.5 Å². The Hall–Kier alpha value is -1.49. The van der Waals surface area contributed by atoms with Gasteiger partial charge in [-0.1, -0.05) is 6.42 Å². The number of terminal acetylenes is 1. The van der Waals surface area contributed by atoms with Crippen LogP contribution < -0.4 is 9.57 Å². The molecule has 1 aromatic rings. The lowest BCUT2D eigenvalue weighted by Gasteiger charge is -1.87. The molecule has 0 aliphatic carbocycles. The lowest BCUT2D eigenvalue weighted by Crippen LogP contribution is -2.38. The van der Waals surface area contributed by atoms with Crippen molar-refractivity contribution >= 4 is 0 Å². The van der Waals surface area contributed by atoms with Crippen molar-refractivity contribution in [1.29, 1.82) is 0 Å². The summed E-state index contributed by atoms with van der Waals surface area (Å²) in [6.45, 7) is 2.00. The normalized spacial score (nSPS) is 8.40. The number of aromatic nitrogens is 1. The highest BCUT2D eigenvalue weighted by Crippen LogP contribution is 1.87. The largest absolute Gasteiger partial charge is 0.224 e. The summed E-state index contributed by atoms with van der Waals surface area (Å²) in [6.07, 6.45) is 10.5. The van der Waals surface area contributed by atoms with Crippen LogP contribution in [-0.2, 0) is 0 Å². The third-order valence-electron chi connectivity index (χ3n) is 1.13. The molecule has 2 heteroatoms. The smallest absolute Gasteiger partial charge is 0.177 e. The molecule has 0 saturated heterocycles. The summed E-state index contributed by atoms with van der Waals surface area (Å²) in [4.78, 5) is 4.71. The minimum Gasteiger partial charge on any atom is -0.177 e. The molecule has 0 amide bonds. The molecule has 0 bridgehead atoms. The van der Waals surface area contributed by atoms with Crippen molar-refractivity contribution in [3.8, 4) is 12.5 Å². The van der Waals surface area contributed by atoms with Crippen LogP contribution in [0.5, 0.6) is 0 Å². The Morgan fingerprint density at radius 3 is 2.60 bits per heavy atom. The molecule has 0 atom stereocenters. The predicted octanol–water partition coefficient (Wildman–Crippen LogP) is 0.302. The van der Waals surface area contributed by atoms with Crippen molar-refractivity contribution in [2.45, 2.75) is 6.92 Å². The topological polar surface area (TPSA) is 13.1 Å². The van der Waals surface area contributed by atoms with Gasteiger partial charge in [0.05, 0.1) is 0 Å². The zero-order valence-electron chi connectivity index (χ0n) is 5.74. The standard InChI is InChI=1S/C8H8NO/c1-3-10-9-6-4-8(2)5-7-9/h1,4-7H,2H3/q+1. The summed E-state index contributed by atoms with van der Waals surface area (Å²) in [7, 11) is 0. The van der Waals surface area contributed by atoms with Crippen molar-refractivity contribution in [3.05, 3.63) is 30.1 Å². The number of hydrogen-bond acceptors (Lipinski definition) is 1. The van der Waals surface area contributed by atoms with E-state index < -0.39 is 0 Å².